The molecule has 7 heteroatoms. The molecule has 0 saturated carbocycles. The van der Waals surface area contributed by atoms with Crippen LogP contribution in [-0.2, 0) is 16.1 Å². The number of hydrogen-bond donors (Lipinski definition) is 3. The molecule has 2 aromatic carbocycles. The maximum Gasteiger partial charge on any atom is 0.240 e. The summed E-state index contributed by atoms with van der Waals surface area (Å²) >= 11 is 5.19. The fourth-order valence-electron chi connectivity index (χ4n) is 3.09. The van der Waals surface area contributed by atoms with Crippen LogP contribution >= 0.6 is 12.2 Å². The summed E-state index contributed by atoms with van der Waals surface area (Å²) in [5.41, 5.74) is 8.35. The number of carbonyl (C=O) groups excluding carboxylic acids is 2. The highest BCUT2D eigenvalue weighted by molar-refractivity contribution is 7.80. The number of benzene rings is 2. The van der Waals surface area contributed by atoms with E-state index < -0.39 is 0 Å². The van der Waals surface area contributed by atoms with Gasteiger partial charge < -0.3 is 10.2 Å². The van der Waals surface area contributed by atoms with E-state index >= 15 is 0 Å². The van der Waals surface area contributed by atoms with E-state index in [9.17, 15) is 9.59 Å². The summed E-state index contributed by atoms with van der Waals surface area (Å²) in [7, 11) is 0. The lowest BCUT2D eigenvalue weighted by molar-refractivity contribution is -0.130. The Morgan fingerprint density at radius 3 is 2.50 bits per heavy atom. The molecule has 144 valence electrons. The first-order chi connectivity index (χ1) is 13.5. The van der Waals surface area contributed by atoms with E-state index in [1.165, 1.54) is 6.92 Å². The first-order valence-electron chi connectivity index (χ1n) is 8.97. The van der Waals surface area contributed by atoms with E-state index in [2.05, 4.69) is 16.2 Å². The molecule has 0 aliphatic carbocycles. The molecule has 1 unspecified atom stereocenters. The second kappa shape index (κ2) is 9.14. The van der Waals surface area contributed by atoms with Crippen LogP contribution in [-0.4, -0.2) is 21.8 Å². The molecule has 2 aromatic rings. The summed E-state index contributed by atoms with van der Waals surface area (Å²) in [5.74, 6) is -0.373. The van der Waals surface area contributed by atoms with E-state index in [-0.39, 0.29) is 24.3 Å². The third kappa shape index (κ3) is 4.95. The van der Waals surface area contributed by atoms with Crippen molar-refractivity contribution in [2.24, 2.45) is 0 Å². The van der Waals surface area contributed by atoms with Crippen molar-refractivity contribution in [3.8, 4) is 0 Å². The maximum absolute atomic E-state index is 12.4. The third-order valence-corrected chi connectivity index (χ3v) is 4.71. The highest BCUT2D eigenvalue weighted by Gasteiger charge is 2.28. The molecule has 1 aliphatic rings. The highest BCUT2D eigenvalue weighted by Crippen LogP contribution is 2.32. The molecule has 1 aliphatic heterocycles. The molecule has 3 N–H and O–H groups in total. The van der Waals surface area contributed by atoms with E-state index in [1.54, 1.807) is 11.1 Å². The molecule has 0 fully saturated rings. The van der Waals surface area contributed by atoms with Crippen LogP contribution in [0.2, 0.25) is 0 Å². The number of thiocarbonyl (C=S) groups is 1. The van der Waals surface area contributed by atoms with E-state index in [1.807, 2.05) is 60.7 Å². The van der Waals surface area contributed by atoms with Gasteiger partial charge in [0.1, 0.15) is 0 Å². The van der Waals surface area contributed by atoms with Crippen LogP contribution in [0.1, 0.15) is 36.1 Å². The van der Waals surface area contributed by atoms with Gasteiger partial charge >= 0.3 is 0 Å². The van der Waals surface area contributed by atoms with Gasteiger partial charge in [-0.1, -0.05) is 54.6 Å². The van der Waals surface area contributed by atoms with Crippen LogP contribution in [0.4, 0.5) is 0 Å². The lowest BCUT2D eigenvalue weighted by atomic mass is 9.93. The van der Waals surface area contributed by atoms with E-state index in [0.29, 0.717) is 11.7 Å². The Morgan fingerprint density at radius 1 is 1.04 bits per heavy atom. The number of carbonyl (C=O) groups is 2. The van der Waals surface area contributed by atoms with Gasteiger partial charge in [-0.3, -0.25) is 20.4 Å². The van der Waals surface area contributed by atoms with E-state index in [0.717, 1.165) is 16.7 Å². The minimum Gasteiger partial charge on any atom is -0.357 e. The molecule has 0 saturated heterocycles. The Morgan fingerprint density at radius 2 is 1.75 bits per heavy atom. The molecular weight excluding hydrogens is 372 g/mol. The van der Waals surface area contributed by atoms with Gasteiger partial charge in [0.15, 0.2) is 5.11 Å². The van der Waals surface area contributed by atoms with Gasteiger partial charge in [-0.25, -0.2) is 0 Å². The summed E-state index contributed by atoms with van der Waals surface area (Å²) in [4.78, 5) is 26.0. The lowest BCUT2D eigenvalue weighted by Crippen LogP contribution is -2.47. The molecule has 0 spiro atoms. The summed E-state index contributed by atoms with van der Waals surface area (Å²) in [6, 6.07) is 17.2. The average Bonchev–Trinajstić information content (AvgIpc) is 2.71. The van der Waals surface area contributed by atoms with Gasteiger partial charge in [0, 0.05) is 19.7 Å². The molecule has 0 aromatic heterocycles. The normalized spacial score (nSPS) is 14.8. The van der Waals surface area contributed by atoms with Gasteiger partial charge in [-0.05, 0) is 35.0 Å². The van der Waals surface area contributed by atoms with Crippen molar-refractivity contribution in [3.05, 3.63) is 77.5 Å². The van der Waals surface area contributed by atoms with Crippen molar-refractivity contribution in [2.45, 2.75) is 25.9 Å². The Hall–Kier alpha value is -3.19. The molecule has 6 nitrogen and oxygen atoms in total. The summed E-state index contributed by atoms with van der Waals surface area (Å²) in [5, 5.41) is 3.35. The number of hydrogen-bond acceptors (Lipinski definition) is 3. The first kappa shape index (κ1) is 19.6. The van der Waals surface area contributed by atoms with Gasteiger partial charge in [0.2, 0.25) is 11.8 Å². The Bertz CT molecular complexity index is 898. The fourth-order valence-corrected chi connectivity index (χ4v) is 3.21. The van der Waals surface area contributed by atoms with Crippen molar-refractivity contribution >= 4 is 35.2 Å². The standard InChI is InChI=1S/C21H22N4O2S/c1-15(26)25-12-11-17-9-5-6-10-18(17)19(25)13-20(27)23-24-21(28)22-14-16-7-3-2-4-8-16/h2-12,19H,13-14H2,1H3,(H,23,27)(H2,22,24,28). The van der Waals surface area contributed by atoms with Crippen LogP contribution in [0.5, 0.6) is 0 Å². The second-order valence-electron chi connectivity index (χ2n) is 6.43. The topological polar surface area (TPSA) is 73.5 Å². The molecular formula is C21H22N4O2S. The Labute approximate surface area is 169 Å². The number of rotatable bonds is 4. The van der Waals surface area contributed by atoms with Crippen molar-refractivity contribution in [3.63, 3.8) is 0 Å². The van der Waals surface area contributed by atoms with Gasteiger partial charge in [-0.15, -0.1) is 0 Å². The Balaban J connectivity index is 1.55. The van der Waals surface area contributed by atoms with Gasteiger partial charge in [0.25, 0.3) is 0 Å². The number of nitrogens with one attached hydrogen (secondary N) is 3. The lowest BCUT2D eigenvalue weighted by Gasteiger charge is -2.32. The molecule has 0 bridgehead atoms. The molecule has 0 radical (unpaired) electrons. The molecule has 3 rings (SSSR count). The number of fused-ring (bicyclic) bond motifs is 1. The zero-order valence-electron chi connectivity index (χ0n) is 15.5. The minimum absolute atomic E-state index is 0.114. The van der Waals surface area contributed by atoms with Crippen molar-refractivity contribution in [1.29, 1.82) is 0 Å². The average molecular weight is 395 g/mol. The third-order valence-electron chi connectivity index (χ3n) is 4.46. The highest BCUT2D eigenvalue weighted by atomic mass is 32.1. The molecule has 2 amide bonds. The number of nitrogens with zero attached hydrogens (tertiary/aromatic N) is 1. The number of amides is 2. The van der Waals surface area contributed by atoms with E-state index in [4.69, 9.17) is 12.2 Å². The van der Waals surface area contributed by atoms with Gasteiger partial charge in [0.05, 0.1) is 12.5 Å². The van der Waals surface area contributed by atoms with Crippen LogP contribution in [0.3, 0.4) is 0 Å². The van der Waals surface area contributed by atoms with Gasteiger partial charge in [-0.2, -0.15) is 0 Å². The van der Waals surface area contributed by atoms with Crippen LogP contribution < -0.4 is 16.2 Å². The maximum atomic E-state index is 12.4. The molecule has 28 heavy (non-hydrogen) atoms. The van der Waals surface area contributed by atoms with Crippen LogP contribution in [0, 0.1) is 0 Å². The fraction of sp³-hybridized carbons (Fsp3) is 0.190. The Kier molecular flexibility index (Phi) is 6.39. The predicted molar refractivity (Wildman–Crippen MR) is 113 cm³/mol. The second-order valence-corrected chi connectivity index (χ2v) is 6.84. The summed E-state index contributed by atoms with van der Waals surface area (Å²) in [6.45, 7) is 2.05. The van der Waals surface area contributed by atoms with Crippen LogP contribution in [0.15, 0.2) is 60.8 Å². The largest absolute Gasteiger partial charge is 0.357 e. The quantitative estimate of drug-likeness (QED) is 0.549. The molecule has 1 heterocycles. The smallest absolute Gasteiger partial charge is 0.240 e. The minimum atomic E-state index is -0.355. The SMILES string of the molecule is CC(=O)N1C=Cc2ccccc2C1CC(=O)NNC(=S)NCc1ccccc1. The monoisotopic (exact) mass is 394 g/mol. The van der Waals surface area contributed by atoms with Crippen molar-refractivity contribution in [1.82, 2.24) is 21.1 Å². The van der Waals surface area contributed by atoms with Crippen molar-refractivity contribution < 1.29 is 9.59 Å². The first-order valence-corrected chi connectivity index (χ1v) is 9.38. The number of hydrazine groups is 1. The molecule has 1 atom stereocenters. The van der Waals surface area contributed by atoms with Crippen LogP contribution in [0.25, 0.3) is 6.08 Å². The zero-order valence-corrected chi connectivity index (χ0v) is 16.3. The summed E-state index contributed by atoms with van der Waals surface area (Å²) in [6.07, 6.45) is 3.73. The predicted octanol–water partition coefficient (Wildman–Crippen LogP) is 2.65. The zero-order chi connectivity index (χ0) is 19.9. The summed E-state index contributed by atoms with van der Waals surface area (Å²) < 4.78 is 0. The van der Waals surface area contributed by atoms with Crippen molar-refractivity contribution in [2.75, 3.05) is 0 Å².